The predicted molar refractivity (Wildman–Crippen MR) is 205 cm³/mol. The van der Waals surface area contributed by atoms with Gasteiger partial charge in [-0.2, -0.15) is 0 Å². The second-order valence-electron chi connectivity index (χ2n) is 12.2. The number of anilines is 2. The number of nitrogens with one attached hydrogen (secondary N) is 4. The number of benzene rings is 2. The van der Waals surface area contributed by atoms with E-state index in [2.05, 4.69) is 31.0 Å². The Morgan fingerprint density at radius 3 is 1.58 bits per heavy atom. The molecule has 0 bridgehead atoms. The molecule has 0 fully saturated rings. The van der Waals surface area contributed by atoms with Crippen LogP contribution in [0.1, 0.15) is 60.0 Å². The summed E-state index contributed by atoms with van der Waals surface area (Å²) in [6.45, 7) is 2.33. The van der Waals surface area contributed by atoms with Crippen molar-refractivity contribution in [3.8, 4) is 0 Å². The third kappa shape index (κ3) is 18.6. The first-order valence-corrected chi connectivity index (χ1v) is 18.2. The Bertz CT molecular complexity index is 1590. The maximum Gasteiger partial charge on any atom is 0.411 e. The molecular formula is C39H52N6O10. The summed E-state index contributed by atoms with van der Waals surface area (Å²) in [6, 6.07) is 18.1. The Morgan fingerprint density at radius 2 is 1.05 bits per heavy atom. The van der Waals surface area contributed by atoms with Gasteiger partial charge in [-0.05, 0) is 79.6 Å². The van der Waals surface area contributed by atoms with E-state index in [4.69, 9.17) is 18.9 Å². The third-order valence-electron chi connectivity index (χ3n) is 8.02. The fraction of sp³-hybridized carbons (Fsp3) is 0.436. The van der Waals surface area contributed by atoms with E-state index in [-0.39, 0.29) is 32.3 Å². The van der Waals surface area contributed by atoms with Gasteiger partial charge >= 0.3 is 24.4 Å². The van der Waals surface area contributed by atoms with Crippen LogP contribution in [0.4, 0.5) is 30.6 Å². The number of carbonyl (C=O) groups is 5. The average molecular weight is 765 g/mol. The predicted octanol–water partition coefficient (Wildman–Crippen LogP) is 5.98. The maximum absolute atomic E-state index is 12.7. The second-order valence-corrected chi connectivity index (χ2v) is 12.2. The zero-order valence-electron chi connectivity index (χ0n) is 31.5. The molecule has 0 saturated carbocycles. The van der Waals surface area contributed by atoms with Crippen LogP contribution in [0, 0.1) is 0 Å². The summed E-state index contributed by atoms with van der Waals surface area (Å²) < 4.78 is 25.3. The molecule has 1 aromatic heterocycles. The molecule has 4 N–H and O–H groups in total. The van der Waals surface area contributed by atoms with Gasteiger partial charge in [-0.25, -0.2) is 19.2 Å². The molecule has 0 aliphatic heterocycles. The smallest absolute Gasteiger partial charge is 0.411 e. The van der Waals surface area contributed by atoms with E-state index in [1.165, 1.54) is 7.11 Å². The number of nitrogens with zero attached hydrogens (tertiary/aromatic N) is 2. The number of pyridine rings is 1. The molecule has 0 atom stereocenters. The number of carbonyl (C=O) groups excluding carboxylic acids is 5. The van der Waals surface area contributed by atoms with Crippen molar-refractivity contribution in [2.24, 2.45) is 0 Å². The van der Waals surface area contributed by atoms with Crippen LogP contribution in [0.15, 0.2) is 73.1 Å². The number of hydrogen-bond donors (Lipinski definition) is 4. The fourth-order valence-electron chi connectivity index (χ4n) is 5.03. The first-order valence-electron chi connectivity index (χ1n) is 18.2. The minimum absolute atomic E-state index is 0.0517. The van der Waals surface area contributed by atoms with E-state index in [0.29, 0.717) is 62.4 Å². The minimum Gasteiger partial charge on any atom is -0.453 e. The third-order valence-corrected chi connectivity index (χ3v) is 8.02. The first-order chi connectivity index (χ1) is 26.8. The van der Waals surface area contributed by atoms with Crippen molar-refractivity contribution in [2.45, 2.75) is 44.9 Å². The molecule has 16 nitrogen and oxygen atoms in total. The summed E-state index contributed by atoms with van der Waals surface area (Å²) in [6.07, 6.45) is 5.96. The van der Waals surface area contributed by atoms with Gasteiger partial charge in [-0.15, -0.1) is 0 Å². The number of alkyl carbamates (subject to hydrolysis) is 2. The highest BCUT2D eigenvalue weighted by atomic mass is 16.6. The molecule has 3 rings (SSSR count). The normalized spacial score (nSPS) is 10.4. The van der Waals surface area contributed by atoms with Crippen molar-refractivity contribution in [1.82, 2.24) is 20.5 Å². The van der Waals surface area contributed by atoms with Crippen LogP contribution in [-0.4, -0.2) is 107 Å². The van der Waals surface area contributed by atoms with Gasteiger partial charge in [0.2, 0.25) is 0 Å². The monoisotopic (exact) mass is 764 g/mol. The summed E-state index contributed by atoms with van der Waals surface area (Å²) in [7, 11) is 2.86. The number of ether oxygens (including phenoxy) is 5. The SMILES string of the molecule is COCCN(CCOC(=O)NCCCCCCNC(=O)OCCCCOC(=O)Nc1ccc(Cc2ccc(NC(=O)OC)cc2)cc1)C(=O)c1ccncc1. The van der Waals surface area contributed by atoms with E-state index in [1.54, 1.807) is 60.8 Å². The Morgan fingerprint density at radius 1 is 0.564 bits per heavy atom. The number of hydrogen-bond acceptors (Lipinski definition) is 11. The standard InChI is InChI=1S/C39H52N6O10/c1-51-27-23-45(35(46)32-17-21-40-22-18-32)24-28-55-37(48)42-20-6-4-3-5-19-41-36(47)53-25-7-8-26-54-39(50)44-34-15-11-31(12-16-34)29-30-9-13-33(14-10-30)43-38(49)52-2/h9-18,21-22H,3-8,19-20,23-29H2,1-2H3,(H,41,47)(H,42,48)(H,43,49)(H,44,50). The molecular weight excluding hydrogens is 712 g/mol. The Hall–Kier alpha value is -5.90. The number of unbranched alkanes of at least 4 members (excludes halogenated alkanes) is 4. The van der Waals surface area contributed by atoms with Gasteiger partial charge in [0.25, 0.3) is 5.91 Å². The van der Waals surface area contributed by atoms with Crippen molar-refractivity contribution in [3.63, 3.8) is 0 Å². The van der Waals surface area contributed by atoms with Crippen molar-refractivity contribution in [3.05, 3.63) is 89.7 Å². The van der Waals surface area contributed by atoms with Gasteiger partial charge in [-0.3, -0.25) is 20.4 Å². The molecule has 0 saturated heterocycles. The molecule has 3 aromatic rings. The lowest BCUT2D eigenvalue weighted by Gasteiger charge is -2.22. The van der Waals surface area contributed by atoms with E-state index in [9.17, 15) is 24.0 Å². The molecule has 0 unspecified atom stereocenters. The second kappa shape index (κ2) is 26.0. The van der Waals surface area contributed by atoms with Gasteiger partial charge in [0, 0.05) is 56.1 Å². The largest absolute Gasteiger partial charge is 0.453 e. The van der Waals surface area contributed by atoms with Crippen LogP contribution < -0.4 is 21.3 Å². The summed E-state index contributed by atoms with van der Waals surface area (Å²) in [4.78, 5) is 65.7. The quantitative estimate of drug-likeness (QED) is 0.0655. The Kier molecular flexibility index (Phi) is 20.5. The number of amides is 5. The summed E-state index contributed by atoms with van der Waals surface area (Å²) in [5.74, 6) is -0.189. The van der Waals surface area contributed by atoms with Gasteiger partial charge in [0.1, 0.15) is 6.61 Å². The Labute approximate surface area is 321 Å². The van der Waals surface area contributed by atoms with Gasteiger partial charge in [0.15, 0.2) is 0 Å². The summed E-state index contributed by atoms with van der Waals surface area (Å²) >= 11 is 0. The van der Waals surface area contributed by atoms with Crippen molar-refractivity contribution < 1.29 is 47.7 Å². The van der Waals surface area contributed by atoms with Crippen LogP contribution in [-0.2, 0) is 30.1 Å². The van der Waals surface area contributed by atoms with Crippen LogP contribution in [0.2, 0.25) is 0 Å². The minimum atomic E-state index is -0.566. The fourth-order valence-corrected chi connectivity index (χ4v) is 5.03. The molecule has 298 valence electrons. The molecule has 0 aliphatic rings. The van der Waals surface area contributed by atoms with Crippen molar-refractivity contribution in [1.29, 1.82) is 0 Å². The highest BCUT2D eigenvalue weighted by molar-refractivity contribution is 5.94. The van der Waals surface area contributed by atoms with E-state index >= 15 is 0 Å². The molecule has 2 aromatic carbocycles. The lowest BCUT2D eigenvalue weighted by atomic mass is 10.0. The topological polar surface area (TPSA) is 196 Å². The van der Waals surface area contributed by atoms with Crippen LogP contribution >= 0.6 is 0 Å². The van der Waals surface area contributed by atoms with E-state index in [0.717, 1.165) is 36.8 Å². The summed E-state index contributed by atoms with van der Waals surface area (Å²) in [5.41, 5.74) is 3.86. The molecule has 55 heavy (non-hydrogen) atoms. The van der Waals surface area contributed by atoms with Crippen LogP contribution in [0.3, 0.4) is 0 Å². The lowest BCUT2D eigenvalue weighted by molar-refractivity contribution is 0.0631. The molecule has 1 heterocycles. The number of rotatable bonds is 23. The lowest BCUT2D eigenvalue weighted by Crippen LogP contribution is -2.37. The summed E-state index contributed by atoms with van der Waals surface area (Å²) in [5, 5.41) is 10.7. The Balaban J connectivity index is 1.13. The van der Waals surface area contributed by atoms with Gasteiger partial charge < -0.3 is 39.2 Å². The van der Waals surface area contributed by atoms with Crippen LogP contribution in [0.5, 0.6) is 0 Å². The van der Waals surface area contributed by atoms with E-state index < -0.39 is 24.4 Å². The molecule has 0 aliphatic carbocycles. The molecule has 5 amide bonds. The highest BCUT2D eigenvalue weighted by Gasteiger charge is 2.16. The zero-order chi connectivity index (χ0) is 39.5. The van der Waals surface area contributed by atoms with Crippen molar-refractivity contribution >= 4 is 41.7 Å². The first kappa shape index (κ1) is 43.5. The van der Waals surface area contributed by atoms with Gasteiger partial charge in [-0.1, -0.05) is 37.1 Å². The van der Waals surface area contributed by atoms with Gasteiger partial charge in [0.05, 0.1) is 33.5 Å². The maximum atomic E-state index is 12.7. The molecule has 16 heteroatoms. The molecule has 0 radical (unpaired) electrons. The number of methoxy groups -OCH3 is 2. The van der Waals surface area contributed by atoms with Crippen molar-refractivity contribution in [2.75, 3.05) is 77.5 Å². The average Bonchev–Trinajstić information content (AvgIpc) is 3.20. The molecule has 0 spiro atoms. The van der Waals surface area contributed by atoms with E-state index in [1.807, 2.05) is 24.3 Å². The van der Waals surface area contributed by atoms with Crippen LogP contribution in [0.25, 0.3) is 0 Å². The zero-order valence-corrected chi connectivity index (χ0v) is 31.5. The number of aromatic nitrogens is 1. The highest BCUT2D eigenvalue weighted by Crippen LogP contribution is 2.16.